The zero-order valence-electron chi connectivity index (χ0n) is 19.3. The Hall–Kier alpha value is -3.51. The van der Waals surface area contributed by atoms with Crippen molar-refractivity contribution in [3.05, 3.63) is 94.8 Å². The van der Waals surface area contributed by atoms with Gasteiger partial charge in [-0.3, -0.25) is 9.59 Å². The molecule has 4 rings (SSSR count). The first kappa shape index (κ1) is 23.6. The lowest BCUT2D eigenvalue weighted by molar-refractivity contribution is 0.0647. The SMILES string of the molecule is Cc1c(F)cccc1C1[C@@H](C(=O)c2cccc(O)c2)[C@H](C)N[C@H](C)[C@H]1C(=O)c1cccc(O)c1. The molecule has 1 fully saturated rings. The Balaban J connectivity index is 1.89. The van der Waals surface area contributed by atoms with Gasteiger partial charge in [0.25, 0.3) is 0 Å². The molecule has 0 radical (unpaired) electrons. The summed E-state index contributed by atoms with van der Waals surface area (Å²) in [5.74, 6) is -2.91. The molecule has 0 spiro atoms. The number of ketones is 2. The summed E-state index contributed by atoms with van der Waals surface area (Å²) < 4.78 is 14.7. The highest BCUT2D eigenvalue weighted by Gasteiger charge is 2.49. The van der Waals surface area contributed by atoms with Crippen molar-refractivity contribution in [2.45, 2.75) is 38.8 Å². The van der Waals surface area contributed by atoms with Crippen LogP contribution in [0.1, 0.15) is 51.6 Å². The smallest absolute Gasteiger partial charge is 0.168 e. The minimum atomic E-state index is -0.690. The largest absolute Gasteiger partial charge is 0.508 e. The van der Waals surface area contributed by atoms with E-state index in [9.17, 15) is 24.2 Å². The van der Waals surface area contributed by atoms with Gasteiger partial charge in [0, 0.05) is 41.0 Å². The Labute approximate surface area is 198 Å². The summed E-state index contributed by atoms with van der Waals surface area (Å²) in [6, 6.07) is 16.4. The van der Waals surface area contributed by atoms with Crippen LogP contribution in [-0.2, 0) is 0 Å². The van der Waals surface area contributed by atoms with Gasteiger partial charge in [-0.05, 0) is 62.2 Å². The summed E-state index contributed by atoms with van der Waals surface area (Å²) in [6.45, 7) is 5.44. The number of hydrogen-bond donors (Lipinski definition) is 3. The van der Waals surface area contributed by atoms with Gasteiger partial charge >= 0.3 is 0 Å². The van der Waals surface area contributed by atoms with Crippen molar-refractivity contribution in [2.75, 3.05) is 0 Å². The molecule has 3 N–H and O–H groups in total. The second-order valence-corrected chi connectivity index (χ2v) is 9.10. The van der Waals surface area contributed by atoms with E-state index in [-0.39, 0.29) is 35.1 Å². The number of benzene rings is 3. The molecule has 0 bridgehead atoms. The number of piperidine rings is 1. The number of Topliss-reactive ketones (excluding diaryl/α,β-unsaturated/α-hetero) is 2. The van der Waals surface area contributed by atoms with Crippen LogP contribution in [0.25, 0.3) is 0 Å². The molecule has 0 aliphatic carbocycles. The molecule has 1 heterocycles. The monoisotopic (exact) mass is 461 g/mol. The van der Waals surface area contributed by atoms with Gasteiger partial charge in [0.05, 0.1) is 0 Å². The van der Waals surface area contributed by atoms with Crippen molar-refractivity contribution in [3.63, 3.8) is 0 Å². The molecule has 0 amide bonds. The van der Waals surface area contributed by atoms with Gasteiger partial charge in [0.15, 0.2) is 11.6 Å². The first-order chi connectivity index (χ1) is 16.2. The number of rotatable bonds is 5. The number of carbonyl (C=O) groups excluding carboxylic acids is 2. The lowest BCUT2D eigenvalue weighted by Crippen LogP contribution is -2.58. The first-order valence-electron chi connectivity index (χ1n) is 11.4. The molecule has 1 aliphatic heterocycles. The Bertz CT molecular complexity index is 1170. The maximum atomic E-state index is 14.7. The lowest BCUT2D eigenvalue weighted by Gasteiger charge is -2.46. The molecular weight excluding hydrogens is 433 g/mol. The fourth-order valence-electron chi connectivity index (χ4n) is 5.32. The summed E-state index contributed by atoms with van der Waals surface area (Å²) in [6.07, 6.45) is 0. The molecule has 5 atom stereocenters. The molecule has 1 aliphatic rings. The Morgan fingerprint density at radius 1 is 0.794 bits per heavy atom. The zero-order valence-corrected chi connectivity index (χ0v) is 19.3. The van der Waals surface area contributed by atoms with Crippen molar-refractivity contribution < 1.29 is 24.2 Å². The number of halogens is 1. The van der Waals surface area contributed by atoms with Crippen molar-refractivity contribution in [1.29, 1.82) is 0 Å². The number of phenolic OH excluding ortho intramolecular Hbond substituents is 2. The fourth-order valence-corrected chi connectivity index (χ4v) is 5.32. The van der Waals surface area contributed by atoms with Crippen LogP contribution in [-0.4, -0.2) is 33.9 Å². The summed E-state index contributed by atoms with van der Waals surface area (Å²) >= 11 is 0. The van der Waals surface area contributed by atoms with E-state index in [1.807, 2.05) is 13.8 Å². The third-order valence-corrected chi connectivity index (χ3v) is 6.91. The minimum absolute atomic E-state index is 0.0264. The normalized spacial score (nSPS) is 24.5. The van der Waals surface area contributed by atoms with Crippen LogP contribution in [0.4, 0.5) is 4.39 Å². The molecule has 5 nitrogen and oxygen atoms in total. The van der Waals surface area contributed by atoms with Gasteiger partial charge < -0.3 is 15.5 Å². The van der Waals surface area contributed by atoms with Gasteiger partial charge in [-0.25, -0.2) is 4.39 Å². The van der Waals surface area contributed by atoms with Gasteiger partial charge in [-0.2, -0.15) is 0 Å². The van der Waals surface area contributed by atoms with Gasteiger partial charge in [0.2, 0.25) is 0 Å². The average Bonchev–Trinajstić information content (AvgIpc) is 2.80. The molecule has 3 aromatic carbocycles. The Morgan fingerprint density at radius 3 is 1.74 bits per heavy atom. The van der Waals surface area contributed by atoms with Crippen LogP contribution in [0.15, 0.2) is 66.7 Å². The third kappa shape index (κ3) is 4.33. The maximum Gasteiger partial charge on any atom is 0.168 e. The lowest BCUT2D eigenvalue weighted by atomic mass is 9.63. The van der Waals surface area contributed by atoms with Crippen LogP contribution in [0, 0.1) is 24.6 Å². The van der Waals surface area contributed by atoms with Crippen molar-refractivity contribution in [1.82, 2.24) is 5.32 Å². The predicted molar refractivity (Wildman–Crippen MR) is 128 cm³/mol. The molecular formula is C28H28FNO4. The number of aromatic hydroxyl groups is 2. The molecule has 176 valence electrons. The quantitative estimate of drug-likeness (QED) is 0.465. The minimum Gasteiger partial charge on any atom is -0.508 e. The van der Waals surface area contributed by atoms with E-state index >= 15 is 0 Å². The van der Waals surface area contributed by atoms with E-state index in [0.29, 0.717) is 22.3 Å². The van der Waals surface area contributed by atoms with Gasteiger partial charge in [-0.15, -0.1) is 0 Å². The van der Waals surface area contributed by atoms with Crippen LogP contribution in [0.2, 0.25) is 0 Å². The molecule has 0 saturated carbocycles. The standard InChI is InChI=1S/C28H28FNO4/c1-15-22(11-6-12-23(15)29)26-24(27(33)18-7-4-9-20(31)13-18)16(2)30-17(3)25(26)28(34)19-8-5-10-21(32)14-19/h4-14,16-17,24-26,30-32H,1-3H3/t16-,17+,24-,25+,26?. The molecule has 1 unspecified atom stereocenters. The second kappa shape index (κ2) is 9.39. The molecule has 6 heteroatoms. The van der Waals surface area contributed by atoms with Crippen LogP contribution in [0.5, 0.6) is 11.5 Å². The van der Waals surface area contributed by atoms with E-state index < -0.39 is 23.6 Å². The highest BCUT2D eigenvalue weighted by molar-refractivity contribution is 6.03. The maximum absolute atomic E-state index is 14.7. The highest BCUT2D eigenvalue weighted by Crippen LogP contribution is 2.44. The first-order valence-corrected chi connectivity index (χ1v) is 11.4. The van der Waals surface area contributed by atoms with Gasteiger partial charge in [-0.1, -0.05) is 36.4 Å². The molecule has 0 aromatic heterocycles. The van der Waals surface area contributed by atoms with Gasteiger partial charge in [0.1, 0.15) is 17.3 Å². The van der Waals surface area contributed by atoms with E-state index in [1.54, 1.807) is 43.3 Å². The molecule has 3 aromatic rings. The summed E-state index contributed by atoms with van der Waals surface area (Å²) in [5.41, 5.74) is 1.67. The Morgan fingerprint density at radius 2 is 1.26 bits per heavy atom. The van der Waals surface area contributed by atoms with Crippen LogP contribution < -0.4 is 5.32 Å². The number of carbonyl (C=O) groups is 2. The van der Waals surface area contributed by atoms with Crippen LogP contribution in [0.3, 0.4) is 0 Å². The van der Waals surface area contributed by atoms with E-state index in [0.717, 1.165) is 0 Å². The predicted octanol–water partition coefficient (Wildman–Crippen LogP) is 5.01. The van der Waals surface area contributed by atoms with E-state index in [1.165, 1.54) is 30.3 Å². The Kier molecular flexibility index (Phi) is 6.53. The van der Waals surface area contributed by atoms with E-state index in [2.05, 4.69) is 5.32 Å². The van der Waals surface area contributed by atoms with Crippen LogP contribution >= 0.6 is 0 Å². The third-order valence-electron chi connectivity index (χ3n) is 6.91. The van der Waals surface area contributed by atoms with Crippen molar-refractivity contribution >= 4 is 11.6 Å². The number of hydrogen-bond acceptors (Lipinski definition) is 5. The fraction of sp³-hybridized carbons (Fsp3) is 0.286. The molecule has 1 saturated heterocycles. The van der Waals surface area contributed by atoms with E-state index in [4.69, 9.17) is 0 Å². The zero-order chi connectivity index (χ0) is 24.6. The number of phenols is 2. The summed E-state index contributed by atoms with van der Waals surface area (Å²) in [4.78, 5) is 27.6. The van der Waals surface area contributed by atoms with Crippen molar-refractivity contribution in [3.8, 4) is 11.5 Å². The summed E-state index contributed by atoms with van der Waals surface area (Å²) in [7, 11) is 0. The highest BCUT2D eigenvalue weighted by atomic mass is 19.1. The average molecular weight is 462 g/mol. The van der Waals surface area contributed by atoms with Crippen molar-refractivity contribution in [2.24, 2.45) is 11.8 Å². The summed E-state index contributed by atoms with van der Waals surface area (Å²) in [5, 5.41) is 23.3. The second-order valence-electron chi connectivity index (χ2n) is 9.10. The molecule has 34 heavy (non-hydrogen) atoms. The number of nitrogens with one attached hydrogen (secondary N) is 1. The topological polar surface area (TPSA) is 86.6 Å².